The summed E-state index contributed by atoms with van der Waals surface area (Å²) in [6.07, 6.45) is 3.92. The van der Waals surface area contributed by atoms with Crippen molar-refractivity contribution in [3.05, 3.63) is 71.3 Å². The average Bonchev–Trinajstić information content (AvgIpc) is 3.38. The van der Waals surface area contributed by atoms with Gasteiger partial charge in [-0.1, -0.05) is 24.6 Å². The van der Waals surface area contributed by atoms with E-state index in [2.05, 4.69) is 25.5 Å². The molecule has 3 aromatic heterocycles. The number of H-pyrrole nitrogens is 1. The number of halogens is 1. The van der Waals surface area contributed by atoms with Crippen molar-refractivity contribution in [3.63, 3.8) is 0 Å². The minimum absolute atomic E-state index is 0.0521. The van der Waals surface area contributed by atoms with Crippen LogP contribution in [0.15, 0.2) is 59.8 Å². The normalized spacial score (nSPS) is 12.0. The molecule has 0 aliphatic rings. The smallest absolute Gasteiger partial charge is 0.269 e. The van der Waals surface area contributed by atoms with Gasteiger partial charge in [-0.3, -0.25) is 5.10 Å². The maximum Gasteiger partial charge on any atom is 0.269 e. The standard InChI is InChI=1S/C22H19ClN6O2S/c1-3-14-12-29(32(30,31)17-8-4-13(2)5-9-17)21-19(14)20(26-22(23)27-21)25-16-7-6-15-11-24-28-18(15)10-16/h4-12H,3H2,1-2H3,(H,24,28)(H,25,26,27). The minimum atomic E-state index is -3.87. The van der Waals surface area contributed by atoms with Gasteiger partial charge in [0.2, 0.25) is 5.28 Å². The van der Waals surface area contributed by atoms with Crippen LogP contribution < -0.4 is 5.32 Å². The Balaban J connectivity index is 1.69. The van der Waals surface area contributed by atoms with Crippen LogP contribution >= 0.6 is 11.6 Å². The van der Waals surface area contributed by atoms with Crippen molar-refractivity contribution in [2.24, 2.45) is 0 Å². The summed E-state index contributed by atoms with van der Waals surface area (Å²) >= 11 is 6.22. The molecule has 2 N–H and O–H groups in total. The van der Waals surface area contributed by atoms with E-state index in [0.717, 1.165) is 27.7 Å². The summed E-state index contributed by atoms with van der Waals surface area (Å²) in [6, 6.07) is 12.4. The first-order valence-corrected chi connectivity index (χ1v) is 11.8. The Labute approximate surface area is 189 Å². The van der Waals surface area contributed by atoms with E-state index in [-0.39, 0.29) is 15.8 Å². The molecule has 32 heavy (non-hydrogen) atoms. The third-order valence-electron chi connectivity index (χ3n) is 5.33. The molecule has 0 unspecified atom stereocenters. The van der Waals surface area contributed by atoms with E-state index in [0.29, 0.717) is 17.6 Å². The molecule has 0 spiro atoms. The first kappa shape index (κ1) is 20.5. The number of aromatic nitrogens is 5. The molecule has 3 heterocycles. The van der Waals surface area contributed by atoms with Crippen LogP contribution in [0.5, 0.6) is 0 Å². The van der Waals surface area contributed by atoms with Crippen molar-refractivity contribution in [3.8, 4) is 0 Å². The summed E-state index contributed by atoms with van der Waals surface area (Å²) in [5.74, 6) is 0.438. The first-order chi connectivity index (χ1) is 15.4. The zero-order valence-corrected chi connectivity index (χ0v) is 18.9. The Morgan fingerprint density at radius 1 is 1.12 bits per heavy atom. The Morgan fingerprint density at radius 3 is 2.66 bits per heavy atom. The molecule has 0 saturated carbocycles. The lowest BCUT2D eigenvalue weighted by molar-refractivity contribution is 0.588. The number of aryl methyl sites for hydroxylation is 2. The number of aromatic amines is 1. The van der Waals surface area contributed by atoms with Crippen molar-refractivity contribution in [1.29, 1.82) is 0 Å². The summed E-state index contributed by atoms with van der Waals surface area (Å²) in [5.41, 5.74) is 3.61. The second-order valence-corrected chi connectivity index (χ2v) is 9.61. The SMILES string of the molecule is CCc1cn(S(=O)(=O)c2ccc(C)cc2)c2nc(Cl)nc(Nc3ccc4cn[nH]c4c3)c12. The maximum atomic E-state index is 13.4. The number of nitrogens with one attached hydrogen (secondary N) is 2. The lowest BCUT2D eigenvalue weighted by atomic mass is 10.2. The first-order valence-electron chi connectivity index (χ1n) is 9.96. The number of hydrogen-bond donors (Lipinski definition) is 2. The third kappa shape index (κ3) is 3.39. The van der Waals surface area contributed by atoms with Gasteiger partial charge in [-0.2, -0.15) is 15.1 Å². The number of benzene rings is 2. The van der Waals surface area contributed by atoms with Crippen LogP contribution in [-0.4, -0.2) is 32.6 Å². The van der Waals surface area contributed by atoms with Gasteiger partial charge in [0.1, 0.15) is 5.82 Å². The maximum absolute atomic E-state index is 13.4. The van der Waals surface area contributed by atoms with E-state index < -0.39 is 10.0 Å². The van der Waals surface area contributed by atoms with E-state index in [1.54, 1.807) is 36.7 Å². The van der Waals surface area contributed by atoms with Crippen molar-refractivity contribution in [2.45, 2.75) is 25.2 Å². The highest BCUT2D eigenvalue weighted by Gasteiger charge is 2.24. The molecule has 10 heteroatoms. The topological polar surface area (TPSA) is 106 Å². The molecule has 0 bridgehead atoms. The van der Waals surface area contributed by atoms with Gasteiger partial charge in [0.05, 0.1) is 22.0 Å². The molecule has 0 atom stereocenters. The van der Waals surface area contributed by atoms with Gasteiger partial charge in [0.25, 0.3) is 10.0 Å². The number of rotatable bonds is 5. The fourth-order valence-corrected chi connectivity index (χ4v) is 5.16. The highest BCUT2D eigenvalue weighted by molar-refractivity contribution is 7.90. The Morgan fingerprint density at radius 2 is 1.91 bits per heavy atom. The van der Waals surface area contributed by atoms with Crippen molar-refractivity contribution < 1.29 is 8.42 Å². The Bertz CT molecular complexity index is 1570. The largest absolute Gasteiger partial charge is 0.339 e. The predicted octanol–water partition coefficient (Wildman–Crippen LogP) is 4.81. The van der Waals surface area contributed by atoms with Crippen molar-refractivity contribution in [2.75, 3.05) is 5.32 Å². The van der Waals surface area contributed by atoms with Gasteiger partial charge in [-0.05, 0) is 60.8 Å². The molecule has 2 aromatic carbocycles. The molecule has 5 aromatic rings. The van der Waals surface area contributed by atoms with E-state index >= 15 is 0 Å². The molecule has 0 radical (unpaired) electrons. The molecule has 5 rings (SSSR count). The van der Waals surface area contributed by atoms with Gasteiger partial charge in [0, 0.05) is 17.3 Å². The lowest BCUT2D eigenvalue weighted by Crippen LogP contribution is -2.13. The Kier molecular flexibility index (Phi) is 4.87. The molecule has 0 aliphatic carbocycles. The molecule has 0 fully saturated rings. The molecular weight excluding hydrogens is 448 g/mol. The summed E-state index contributed by atoms with van der Waals surface area (Å²) in [6.45, 7) is 3.86. The monoisotopic (exact) mass is 466 g/mol. The highest BCUT2D eigenvalue weighted by atomic mass is 35.5. The summed E-state index contributed by atoms with van der Waals surface area (Å²) in [5, 5.41) is 11.8. The van der Waals surface area contributed by atoms with Crippen LogP contribution in [0.3, 0.4) is 0 Å². The van der Waals surface area contributed by atoms with Gasteiger partial charge in [-0.15, -0.1) is 0 Å². The number of hydrogen-bond acceptors (Lipinski definition) is 6. The van der Waals surface area contributed by atoms with Crippen LogP contribution in [-0.2, 0) is 16.4 Å². The highest BCUT2D eigenvalue weighted by Crippen LogP contribution is 2.33. The average molecular weight is 467 g/mol. The molecular formula is C22H19ClN6O2S. The lowest BCUT2D eigenvalue weighted by Gasteiger charge is -2.10. The third-order valence-corrected chi connectivity index (χ3v) is 7.16. The van der Waals surface area contributed by atoms with Crippen LogP contribution in [0, 0.1) is 6.92 Å². The van der Waals surface area contributed by atoms with E-state index in [1.165, 1.54) is 3.97 Å². The molecule has 0 amide bonds. The molecule has 0 aliphatic heterocycles. The van der Waals surface area contributed by atoms with E-state index in [9.17, 15) is 8.42 Å². The van der Waals surface area contributed by atoms with Crippen LogP contribution in [0.1, 0.15) is 18.1 Å². The van der Waals surface area contributed by atoms with Gasteiger partial charge < -0.3 is 5.32 Å². The van der Waals surface area contributed by atoms with Crippen molar-refractivity contribution in [1.82, 2.24) is 24.1 Å². The number of anilines is 2. The second kappa shape index (κ2) is 7.61. The Hall–Kier alpha value is -3.43. The van der Waals surface area contributed by atoms with Gasteiger partial charge in [-0.25, -0.2) is 12.4 Å². The summed E-state index contributed by atoms with van der Waals surface area (Å²) in [7, 11) is -3.87. The molecule has 0 saturated heterocycles. The quantitative estimate of drug-likeness (QED) is 0.360. The second-order valence-electron chi connectivity index (χ2n) is 7.46. The predicted molar refractivity (Wildman–Crippen MR) is 125 cm³/mol. The fraction of sp³-hybridized carbons (Fsp3) is 0.136. The number of nitrogens with zero attached hydrogens (tertiary/aromatic N) is 4. The minimum Gasteiger partial charge on any atom is -0.339 e. The molecule has 8 nitrogen and oxygen atoms in total. The fourth-order valence-electron chi connectivity index (χ4n) is 3.66. The zero-order valence-electron chi connectivity index (χ0n) is 17.3. The van der Waals surface area contributed by atoms with Crippen LogP contribution in [0.2, 0.25) is 5.28 Å². The zero-order chi connectivity index (χ0) is 22.5. The summed E-state index contributed by atoms with van der Waals surface area (Å²) < 4.78 is 28.0. The molecule has 162 valence electrons. The van der Waals surface area contributed by atoms with Crippen molar-refractivity contribution >= 4 is 55.1 Å². The van der Waals surface area contributed by atoms with E-state index in [4.69, 9.17) is 11.6 Å². The van der Waals surface area contributed by atoms with Crippen LogP contribution in [0.25, 0.3) is 21.9 Å². The van der Waals surface area contributed by atoms with Gasteiger partial charge in [0.15, 0.2) is 5.65 Å². The van der Waals surface area contributed by atoms with Crippen LogP contribution in [0.4, 0.5) is 11.5 Å². The van der Waals surface area contributed by atoms with Gasteiger partial charge >= 0.3 is 0 Å². The summed E-state index contributed by atoms with van der Waals surface area (Å²) in [4.78, 5) is 8.82. The number of fused-ring (bicyclic) bond motifs is 2. The van der Waals surface area contributed by atoms with E-state index in [1.807, 2.05) is 32.0 Å².